The summed E-state index contributed by atoms with van der Waals surface area (Å²) in [5.74, 6) is -0.578. The van der Waals surface area contributed by atoms with Crippen LogP contribution in [0, 0.1) is 41.5 Å². The minimum atomic E-state index is -1.07. The molecule has 0 bridgehead atoms. The molecule has 0 aliphatic carbocycles. The second-order valence-electron chi connectivity index (χ2n) is 9.84. The maximum atomic E-state index is 12.6. The monoisotopic (exact) mass is 442 g/mol. The smallest absolute Gasteiger partial charge is 0.411 e. The summed E-state index contributed by atoms with van der Waals surface area (Å²) in [4.78, 5) is 30.5. The summed E-state index contributed by atoms with van der Waals surface area (Å²) in [6.07, 6.45) is -0.969. The first kappa shape index (κ1) is 23.8. The molecule has 1 aromatic carbocycles. The van der Waals surface area contributed by atoms with Crippen LogP contribution in [0.4, 0.5) is 4.79 Å². The Balaban J connectivity index is 2.02. The van der Waals surface area contributed by atoms with Crippen LogP contribution in [0.25, 0.3) is 10.8 Å². The van der Waals surface area contributed by atoms with E-state index in [0.29, 0.717) is 5.88 Å². The highest BCUT2D eigenvalue weighted by Gasteiger charge is 2.43. The highest BCUT2D eigenvalue weighted by atomic mass is 16.6. The Morgan fingerprint density at radius 2 is 1.50 bits per heavy atom. The van der Waals surface area contributed by atoms with Gasteiger partial charge in [0.2, 0.25) is 5.88 Å². The van der Waals surface area contributed by atoms with Crippen molar-refractivity contribution in [2.75, 3.05) is 6.54 Å². The first-order chi connectivity index (χ1) is 14.7. The Bertz CT molecular complexity index is 1100. The van der Waals surface area contributed by atoms with Crippen LogP contribution in [-0.4, -0.2) is 51.3 Å². The molecule has 174 valence electrons. The third-order valence-corrected chi connectivity index (χ3v) is 6.54. The summed E-state index contributed by atoms with van der Waals surface area (Å²) in [7, 11) is 0. The van der Waals surface area contributed by atoms with Crippen LogP contribution >= 0.6 is 0 Å². The number of aryl methyl sites for hydroxylation is 4. The molecule has 2 heterocycles. The number of carbonyl (C=O) groups excluding carboxylic acids is 1. The molecule has 32 heavy (non-hydrogen) atoms. The van der Waals surface area contributed by atoms with Gasteiger partial charge < -0.3 is 14.6 Å². The van der Waals surface area contributed by atoms with Crippen LogP contribution in [0.2, 0.25) is 0 Å². The van der Waals surface area contributed by atoms with Gasteiger partial charge in [-0.25, -0.2) is 14.6 Å². The average molecular weight is 443 g/mol. The van der Waals surface area contributed by atoms with Crippen molar-refractivity contribution in [3.05, 3.63) is 33.5 Å². The number of hydrogen-bond donors (Lipinski definition) is 1. The van der Waals surface area contributed by atoms with Gasteiger partial charge in [0.25, 0.3) is 0 Å². The summed E-state index contributed by atoms with van der Waals surface area (Å²) in [5.41, 5.74) is 6.00. The van der Waals surface area contributed by atoms with Gasteiger partial charge in [-0.3, -0.25) is 4.90 Å². The second-order valence-corrected chi connectivity index (χ2v) is 9.84. The molecule has 0 saturated carbocycles. The van der Waals surface area contributed by atoms with Crippen molar-refractivity contribution in [2.24, 2.45) is 0 Å². The van der Waals surface area contributed by atoms with Gasteiger partial charge in [-0.1, -0.05) is 0 Å². The Labute approximate surface area is 189 Å². The van der Waals surface area contributed by atoms with Gasteiger partial charge in [-0.05, 0) is 95.5 Å². The van der Waals surface area contributed by atoms with Gasteiger partial charge in [0.1, 0.15) is 17.7 Å². The molecular formula is C25H34N2O5. The minimum Gasteiger partial charge on any atom is -0.480 e. The number of hydrogen-bond acceptors (Lipinski definition) is 5. The molecule has 2 aromatic rings. The van der Waals surface area contributed by atoms with Crippen LogP contribution in [0.5, 0.6) is 5.88 Å². The van der Waals surface area contributed by atoms with Crippen LogP contribution in [-0.2, 0) is 9.53 Å². The lowest BCUT2D eigenvalue weighted by Crippen LogP contribution is -2.43. The number of pyridine rings is 1. The average Bonchev–Trinajstić information content (AvgIpc) is 3.10. The van der Waals surface area contributed by atoms with Gasteiger partial charge in [0.15, 0.2) is 0 Å². The van der Waals surface area contributed by atoms with E-state index in [1.165, 1.54) is 21.6 Å². The van der Waals surface area contributed by atoms with E-state index in [1.807, 2.05) is 6.92 Å². The zero-order valence-electron chi connectivity index (χ0n) is 20.5. The van der Waals surface area contributed by atoms with E-state index in [-0.39, 0.29) is 13.0 Å². The van der Waals surface area contributed by atoms with Crippen LogP contribution in [0.1, 0.15) is 60.7 Å². The maximum absolute atomic E-state index is 12.6. The Morgan fingerprint density at radius 1 is 0.938 bits per heavy atom. The zero-order valence-corrected chi connectivity index (χ0v) is 20.5. The largest absolute Gasteiger partial charge is 0.480 e. The summed E-state index contributed by atoms with van der Waals surface area (Å²) in [6, 6.07) is -1.00. The van der Waals surface area contributed by atoms with Crippen molar-refractivity contribution >= 4 is 22.8 Å². The molecule has 7 nitrogen and oxygen atoms in total. The number of nitrogens with zero attached hydrogens (tertiary/aromatic N) is 2. The third-order valence-electron chi connectivity index (χ3n) is 6.54. The van der Waals surface area contributed by atoms with Crippen LogP contribution in [0.15, 0.2) is 0 Å². The lowest BCUT2D eigenvalue weighted by molar-refractivity contribution is -0.142. The van der Waals surface area contributed by atoms with Gasteiger partial charge in [0, 0.05) is 17.5 Å². The third kappa shape index (κ3) is 4.25. The van der Waals surface area contributed by atoms with Crippen LogP contribution in [0.3, 0.4) is 0 Å². The fourth-order valence-corrected chi connectivity index (χ4v) is 4.40. The van der Waals surface area contributed by atoms with E-state index < -0.39 is 29.8 Å². The molecule has 3 rings (SSSR count). The quantitative estimate of drug-likeness (QED) is 0.725. The SMILES string of the molecule is Cc1nc(O[C@@H]2C[C@@H](C(=O)O)N(C(=O)OC(C)(C)C)C2)c2c(C)c(C)c(C)c(C)c2c1C. The highest BCUT2D eigenvalue weighted by Crippen LogP contribution is 2.38. The minimum absolute atomic E-state index is 0.130. The van der Waals surface area contributed by atoms with Crippen LogP contribution < -0.4 is 4.74 Å². The van der Waals surface area contributed by atoms with Gasteiger partial charge >= 0.3 is 12.1 Å². The molecule has 2 atom stereocenters. The number of likely N-dealkylation sites (tertiary alicyclic amines) is 1. The van der Waals surface area contributed by atoms with Crippen molar-refractivity contribution in [1.29, 1.82) is 0 Å². The van der Waals surface area contributed by atoms with Crippen molar-refractivity contribution in [3.63, 3.8) is 0 Å². The number of ether oxygens (including phenoxy) is 2. The normalized spacial score (nSPS) is 18.8. The number of aliphatic carboxylic acids is 1. The molecule has 1 N–H and O–H groups in total. The Morgan fingerprint density at radius 3 is 2.03 bits per heavy atom. The van der Waals surface area contributed by atoms with Crippen molar-refractivity contribution in [2.45, 2.75) is 86.5 Å². The second kappa shape index (κ2) is 8.26. The van der Waals surface area contributed by atoms with Crippen molar-refractivity contribution < 1.29 is 24.2 Å². The molecule has 0 spiro atoms. The number of amides is 1. The fraction of sp³-hybridized carbons (Fsp3) is 0.560. The molecule has 1 fully saturated rings. The number of rotatable bonds is 3. The van der Waals surface area contributed by atoms with E-state index in [1.54, 1.807) is 20.8 Å². The zero-order chi connectivity index (χ0) is 24.1. The van der Waals surface area contributed by atoms with Gasteiger partial charge in [-0.2, -0.15) is 0 Å². The number of benzene rings is 1. The molecule has 1 aromatic heterocycles. The molecule has 1 amide bonds. The Kier molecular flexibility index (Phi) is 6.15. The van der Waals surface area contributed by atoms with Gasteiger partial charge in [0.05, 0.1) is 6.54 Å². The summed E-state index contributed by atoms with van der Waals surface area (Å²) < 4.78 is 11.7. The molecular weight excluding hydrogens is 408 g/mol. The standard InChI is InChI=1S/C25H34N2O5/c1-12-13(2)15(4)21-20(14(12)3)16(5)17(6)26-22(21)31-18-10-19(23(28)29)27(11-18)24(30)32-25(7,8)9/h18-19H,10-11H2,1-9H3,(H,28,29)/t18-,19+/m1/s1. The van der Waals surface area contributed by atoms with Gasteiger partial charge in [-0.15, -0.1) is 0 Å². The topological polar surface area (TPSA) is 89.0 Å². The van der Waals surface area contributed by atoms with E-state index in [9.17, 15) is 14.7 Å². The van der Waals surface area contributed by atoms with E-state index in [2.05, 4.69) is 34.6 Å². The number of fused-ring (bicyclic) bond motifs is 1. The van der Waals surface area contributed by atoms with E-state index in [4.69, 9.17) is 14.5 Å². The first-order valence-corrected chi connectivity index (χ1v) is 11.0. The number of aromatic nitrogens is 1. The molecule has 0 unspecified atom stereocenters. The molecule has 1 aliphatic rings. The molecule has 1 saturated heterocycles. The summed E-state index contributed by atoms with van der Waals surface area (Å²) in [5, 5.41) is 11.8. The molecule has 1 aliphatic heterocycles. The van der Waals surface area contributed by atoms with E-state index in [0.717, 1.165) is 27.6 Å². The summed E-state index contributed by atoms with van der Waals surface area (Å²) in [6.45, 7) is 17.8. The molecule has 7 heteroatoms. The summed E-state index contributed by atoms with van der Waals surface area (Å²) >= 11 is 0. The molecule has 0 radical (unpaired) electrons. The lowest BCUT2D eigenvalue weighted by Gasteiger charge is -2.26. The lowest BCUT2D eigenvalue weighted by atomic mass is 9.90. The first-order valence-electron chi connectivity index (χ1n) is 11.0. The van der Waals surface area contributed by atoms with Crippen molar-refractivity contribution in [3.8, 4) is 5.88 Å². The number of carboxylic acids is 1. The Hall–Kier alpha value is -2.83. The predicted octanol–water partition coefficient (Wildman–Crippen LogP) is 4.93. The number of carboxylic acid groups (broad SMARTS) is 1. The predicted molar refractivity (Wildman–Crippen MR) is 124 cm³/mol. The fourth-order valence-electron chi connectivity index (χ4n) is 4.40. The maximum Gasteiger partial charge on any atom is 0.411 e. The van der Waals surface area contributed by atoms with Crippen molar-refractivity contribution in [1.82, 2.24) is 9.88 Å². The number of carbonyl (C=O) groups is 2. The highest BCUT2D eigenvalue weighted by molar-refractivity contribution is 5.97. The van der Waals surface area contributed by atoms with E-state index >= 15 is 0 Å².